The summed E-state index contributed by atoms with van der Waals surface area (Å²) in [5.74, 6) is 0.208. The Morgan fingerprint density at radius 2 is 1.86 bits per heavy atom. The lowest BCUT2D eigenvalue weighted by molar-refractivity contribution is 1.12. The Labute approximate surface area is 86.2 Å². The third-order valence-electron chi connectivity index (χ3n) is 1.74. The number of aromatic nitrogens is 4. The summed E-state index contributed by atoms with van der Waals surface area (Å²) in [6, 6.07) is 0. The summed E-state index contributed by atoms with van der Waals surface area (Å²) in [5, 5.41) is 0.120. The molecule has 2 aromatic heterocycles. The fourth-order valence-electron chi connectivity index (χ4n) is 1.16. The Balaban J connectivity index is 2.94. The molecule has 0 amide bonds. The highest BCUT2D eigenvalue weighted by molar-refractivity contribution is 6.30. The number of rotatable bonds is 0. The molecule has 0 saturated carbocycles. The van der Waals surface area contributed by atoms with Crippen molar-refractivity contribution in [1.29, 1.82) is 0 Å². The van der Waals surface area contributed by atoms with E-state index in [9.17, 15) is 0 Å². The molecular weight excluding hydrogens is 200 g/mol. The first kappa shape index (κ1) is 9.14. The number of halogens is 1. The minimum atomic E-state index is 0.101. The molecule has 0 aliphatic carbocycles. The van der Waals surface area contributed by atoms with E-state index < -0.39 is 0 Å². The van der Waals surface area contributed by atoms with Gasteiger partial charge in [0.15, 0.2) is 13.7 Å². The van der Waals surface area contributed by atoms with Crippen LogP contribution in [0.25, 0.3) is 11.0 Å². The summed E-state index contributed by atoms with van der Waals surface area (Å²) in [7, 11) is 5.44. The van der Waals surface area contributed by atoms with Gasteiger partial charge in [-0.25, -0.2) is 19.9 Å². The van der Waals surface area contributed by atoms with E-state index in [0.717, 1.165) is 0 Å². The van der Waals surface area contributed by atoms with Crippen molar-refractivity contribution in [2.75, 3.05) is 5.73 Å². The van der Waals surface area contributed by atoms with Gasteiger partial charge in [-0.2, -0.15) is 0 Å². The monoisotopic (exact) mass is 205 g/mol. The summed E-state index contributed by atoms with van der Waals surface area (Å²) < 4.78 is 0. The highest BCUT2D eigenvalue weighted by Gasteiger charge is 2.08. The molecule has 0 aliphatic rings. The van der Waals surface area contributed by atoms with Crippen LogP contribution in [-0.4, -0.2) is 27.8 Å². The first-order chi connectivity index (χ1) is 6.58. The summed E-state index contributed by atoms with van der Waals surface area (Å²) in [4.78, 5) is 15.6. The maximum atomic E-state index is 5.67. The van der Waals surface area contributed by atoms with Gasteiger partial charge < -0.3 is 5.73 Å². The van der Waals surface area contributed by atoms with Crippen LogP contribution in [-0.2, 0) is 0 Å². The third-order valence-corrected chi connectivity index (χ3v) is 1.90. The number of nitrogen functional groups attached to an aromatic ring is 1. The van der Waals surface area contributed by atoms with Gasteiger partial charge in [-0.3, -0.25) is 0 Å². The van der Waals surface area contributed by atoms with Gasteiger partial charge in [-0.15, -0.1) is 0 Å². The van der Waals surface area contributed by atoms with Crippen molar-refractivity contribution in [3.63, 3.8) is 0 Å². The Morgan fingerprint density at radius 3 is 2.57 bits per heavy atom. The minimum Gasteiger partial charge on any atom is -0.382 e. The molecule has 68 valence electrons. The molecular formula is C7H5BClN5. The quantitative estimate of drug-likeness (QED) is 0.474. The van der Waals surface area contributed by atoms with Crippen molar-refractivity contribution in [2.45, 2.75) is 6.92 Å². The van der Waals surface area contributed by atoms with Gasteiger partial charge in [-0.1, -0.05) is 0 Å². The van der Waals surface area contributed by atoms with E-state index in [1.54, 1.807) is 6.92 Å². The van der Waals surface area contributed by atoms with Crippen LogP contribution in [0.1, 0.15) is 5.69 Å². The summed E-state index contributed by atoms with van der Waals surface area (Å²) in [5.41, 5.74) is 7.30. The maximum Gasteiger partial charge on any atom is 0.223 e. The molecule has 2 aromatic rings. The van der Waals surface area contributed by atoms with E-state index in [4.69, 9.17) is 25.2 Å². The lowest BCUT2D eigenvalue weighted by Gasteiger charge is -2.04. The second-order valence-corrected chi connectivity index (χ2v) is 3.08. The van der Waals surface area contributed by atoms with Gasteiger partial charge >= 0.3 is 0 Å². The molecule has 0 atom stereocenters. The zero-order chi connectivity index (χ0) is 10.3. The topological polar surface area (TPSA) is 77.6 Å². The van der Waals surface area contributed by atoms with Gasteiger partial charge in [0.25, 0.3) is 0 Å². The van der Waals surface area contributed by atoms with E-state index in [0.29, 0.717) is 16.7 Å². The average Bonchev–Trinajstić information content (AvgIpc) is 2.07. The number of fused-ring (bicyclic) bond motifs is 1. The van der Waals surface area contributed by atoms with Crippen molar-refractivity contribution in [3.8, 4) is 0 Å². The average molecular weight is 205 g/mol. The van der Waals surface area contributed by atoms with E-state index in [1.807, 2.05) is 0 Å². The Hall–Kier alpha value is -1.43. The number of hydrogen-bond acceptors (Lipinski definition) is 5. The molecule has 14 heavy (non-hydrogen) atoms. The predicted octanol–water partition coefficient (Wildman–Crippen LogP) is -0.242. The largest absolute Gasteiger partial charge is 0.382 e. The van der Waals surface area contributed by atoms with Crippen molar-refractivity contribution in [2.24, 2.45) is 0 Å². The normalized spacial score (nSPS) is 10.7. The molecule has 2 N–H and O–H groups in total. The molecule has 0 spiro atoms. The highest BCUT2D eigenvalue weighted by Crippen LogP contribution is 2.17. The molecule has 0 unspecified atom stereocenters. The molecule has 0 bridgehead atoms. The summed E-state index contributed by atoms with van der Waals surface area (Å²) in [6.07, 6.45) is 0. The molecule has 0 fully saturated rings. The lowest BCUT2D eigenvalue weighted by Crippen LogP contribution is -2.16. The van der Waals surface area contributed by atoms with Crippen molar-refractivity contribution in [1.82, 2.24) is 19.9 Å². The molecule has 2 radical (unpaired) electrons. The van der Waals surface area contributed by atoms with Gasteiger partial charge in [0.2, 0.25) is 5.28 Å². The van der Waals surface area contributed by atoms with Crippen LogP contribution in [0.2, 0.25) is 5.28 Å². The van der Waals surface area contributed by atoms with Crippen molar-refractivity contribution in [3.05, 3.63) is 11.0 Å². The third kappa shape index (κ3) is 1.37. The molecule has 0 aliphatic heterocycles. The van der Waals surface area contributed by atoms with Gasteiger partial charge in [-0.05, 0) is 18.5 Å². The predicted molar refractivity (Wildman–Crippen MR) is 54.7 cm³/mol. The number of nitrogens with zero attached hydrogens (tertiary/aromatic N) is 4. The van der Waals surface area contributed by atoms with Crippen LogP contribution >= 0.6 is 11.6 Å². The Kier molecular flexibility index (Phi) is 2.00. The van der Waals surface area contributed by atoms with E-state index in [2.05, 4.69) is 19.9 Å². The molecule has 2 rings (SSSR count). The zero-order valence-electron chi connectivity index (χ0n) is 7.32. The van der Waals surface area contributed by atoms with E-state index in [1.165, 1.54) is 0 Å². The zero-order valence-corrected chi connectivity index (χ0v) is 8.08. The number of anilines is 1. The first-order valence-corrected chi connectivity index (χ1v) is 4.18. The summed E-state index contributed by atoms with van der Waals surface area (Å²) in [6.45, 7) is 1.75. The van der Waals surface area contributed by atoms with Crippen LogP contribution in [0.15, 0.2) is 0 Å². The second kappa shape index (κ2) is 3.06. The summed E-state index contributed by atoms with van der Waals surface area (Å²) >= 11 is 5.67. The van der Waals surface area contributed by atoms with Gasteiger partial charge in [0, 0.05) is 0 Å². The Bertz CT molecular complexity index is 468. The van der Waals surface area contributed by atoms with Gasteiger partial charge in [0.05, 0.1) is 11.4 Å². The first-order valence-electron chi connectivity index (χ1n) is 3.81. The van der Waals surface area contributed by atoms with Crippen LogP contribution < -0.4 is 11.5 Å². The SMILES string of the molecule is [B]c1nc(N)c2nc(Cl)nc(C)c2n1. The number of nitrogens with two attached hydrogens (primary N) is 1. The molecule has 2 heterocycles. The van der Waals surface area contributed by atoms with Gasteiger partial charge in [0.1, 0.15) is 11.0 Å². The standard InChI is InChI=1S/C7H5BClN5/c1-2-3-4(13-7(9)11-2)5(10)14-6(8)12-3/h1H3,(H2,10,12,14). The highest BCUT2D eigenvalue weighted by atomic mass is 35.5. The van der Waals surface area contributed by atoms with Crippen molar-refractivity contribution < 1.29 is 0 Å². The van der Waals surface area contributed by atoms with Crippen molar-refractivity contribution >= 4 is 42.0 Å². The van der Waals surface area contributed by atoms with E-state index in [-0.39, 0.29) is 16.8 Å². The fourth-order valence-corrected chi connectivity index (χ4v) is 1.37. The fraction of sp³-hybridized carbons (Fsp3) is 0.143. The van der Waals surface area contributed by atoms with Crippen LogP contribution in [0, 0.1) is 6.92 Å². The van der Waals surface area contributed by atoms with Crippen LogP contribution in [0.4, 0.5) is 5.82 Å². The molecule has 0 saturated heterocycles. The maximum absolute atomic E-state index is 5.67. The smallest absolute Gasteiger partial charge is 0.223 e. The molecule has 7 heteroatoms. The number of aryl methyl sites for hydroxylation is 1. The Morgan fingerprint density at radius 1 is 1.14 bits per heavy atom. The number of hydrogen-bond donors (Lipinski definition) is 1. The van der Waals surface area contributed by atoms with Crippen LogP contribution in [0.3, 0.4) is 0 Å². The second-order valence-electron chi connectivity index (χ2n) is 2.74. The minimum absolute atomic E-state index is 0.101. The molecule has 0 aromatic carbocycles. The molecule has 5 nitrogen and oxygen atoms in total. The van der Waals surface area contributed by atoms with E-state index >= 15 is 0 Å². The van der Waals surface area contributed by atoms with Crippen LogP contribution in [0.5, 0.6) is 0 Å². The lowest BCUT2D eigenvalue weighted by atomic mass is 10.1.